The fourth-order valence-corrected chi connectivity index (χ4v) is 7.45. The normalized spacial score (nSPS) is 21.6. The zero-order valence-electron chi connectivity index (χ0n) is 25.1. The first-order valence-corrected chi connectivity index (χ1v) is 16.7. The molecule has 2 aromatic heterocycles. The number of aliphatic carboxylic acids is 1. The van der Waals surface area contributed by atoms with Gasteiger partial charge in [-0.05, 0) is 49.2 Å². The number of rotatable bonds is 8. The molecule has 3 fully saturated rings. The number of piperazine rings is 1. The standard InChI is InChI=1S/C33H30ClFN8O3S/c34-24-13-20(35)5-8-23(24)28-27(32(44)45)26(39-30(40-28)31-36-9-12-47-31)17-41-10-11-42-22(15-41)16-43(33(42)46)21-6-3-19(4-7-21)29-37-14-25(38-29)18-1-2-18/h3-9,12-14,18,22,28H,1-2,10-11,15-17H2,(H,37,38)(H,39,40)(H,44,45)/t22-,28-/m0/s1. The van der Waals surface area contributed by atoms with E-state index in [1.807, 2.05) is 40.7 Å². The van der Waals surface area contributed by atoms with Crippen molar-refractivity contribution in [2.24, 2.45) is 4.99 Å². The molecule has 8 rings (SSSR count). The lowest BCUT2D eigenvalue weighted by Crippen LogP contribution is -2.53. The Hall–Kier alpha value is -4.59. The number of urea groups is 1. The summed E-state index contributed by atoms with van der Waals surface area (Å²) in [5.41, 5.74) is 3.78. The summed E-state index contributed by atoms with van der Waals surface area (Å²) < 4.78 is 13.9. The van der Waals surface area contributed by atoms with Gasteiger partial charge < -0.3 is 20.3 Å². The predicted molar refractivity (Wildman–Crippen MR) is 176 cm³/mol. The van der Waals surface area contributed by atoms with Crippen molar-refractivity contribution in [3.05, 3.63) is 98.6 Å². The highest BCUT2D eigenvalue weighted by Crippen LogP contribution is 2.40. The molecule has 2 amide bonds. The number of imidazole rings is 1. The summed E-state index contributed by atoms with van der Waals surface area (Å²) >= 11 is 7.79. The maximum absolute atomic E-state index is 13.9. The Bertz CT molecular complexity index is 1920. The van der Waals surface area contributed by atoms with Gasteiger partial charge in [0.15, 0.2) is 10.8 Å². The summed E-state index contributed by atoms with van der Waals surface area (Å²) in [5, 5.41) is 16.2. The van der Waals surface area contributed by atoms with Crippen molar-refractivity contribution in [3.63, 3.8) is 0 Å². The molecule has 1 saturated carbocycles. The van der Waals surface area contributed by atoms with Gasteiger partial charge in [-0.1, -0.05) is 17.7 Å². The van der Waals surface area contributed by atoms with Crippen molar-refractivity contribution in [2.75, 3.05) is 37.6 Å². The van der Waals surface area contributed by atoms with Gasteiger partial charge in [0.05, 0.1) is 17.3 Å². The molecule has 0 unspecified atom stereocenters. The van der Waals surface area contributed by atoms with Crippen LogP contribution in [0.3, 0.4) is 0 Å². The number of anilines is 1. The minimum Gasteiger partial charge on any atom is -0.478 e. The molecule has 11 nitrogen and oxygen atoms in total. The lowest BCUT2D eigenvalue weighted by molar-refractivity contribution is -0.133. The first kappa shape index (κ1) is 29.8. The zero-order valence-corrected chi connectivity index (χ0v) is 26.6. The van der Waals surface area contributed by atoms with Gasteiger partial charge in [0.25, 0.3) is 0 Å². The van der Waals surface area contributed by atoms with Crippen LogP contribution >= 0.6 is 22.9 Å². The van der Waals surface area contributed by atoms with E-state index in [0.717, 1.165) is 28.8 Å². The molecular formula is C33H30ClFN8O3S. The van der Waals surface area contributed by atoms with Gasteiger partial charge >= 0.3 is 12.0 Å². The van der Waals surface area contributed by atoms with Crippen LogP contribution in [0, 0.1) is 5.82 Å². The molecule has 14 heteroatoms. The van der Waals surface area contributed by atoms with E-state index in [1.54, 1.807) is 11.1 Å². The molecule has 3 aliphatic heterocycles. The predicted octanol–water partition coefficient (Wildman–Crippen LogP) is 5.26. The summed E-state index contributed by atoms with van der Waals surface area (Å²) in [7, 11) is 0. The topological polar surface area (TPSA) is 130 Å². The molecule has 5 heterocycles. The highest BCUT2D eigenvalue weighted by atomic mass is 35.5. The largest absolute Gasteiger partial charge is 0.478 e. The van der Waals surface area contributed by atoms with Crippen LogP contribution in [0.4, 0.5) is 14.9 Å². The van der Waals surface area contributed by atoms with E-state index in [1.165, 1.54) is 36.3 Å². The van der Waals surface area contributed by atoms with Gasteiger partial charge in [0, 0.05) is 83.9 Å². The van der Waals surface area contributed by atoms with Crippen LogP contribution in [0.25, 0.3) is 11.4 Å². The van der Waals surface area contributed by atoms with E-state index < -0.39 is 17.8 Å². The average molecular weight is 673 g/mol. The second kappa shape index (κ2) is 11.9. The third-order valence-electron chi connectivity index (χ3n) is 9.11. The lowest BCUT2D eigenvalue weighted by Gasteiger charge is -2.37. The first-order chi connectivity index (χ1) is 22.8. The van der Waals surface area contributed by atoms with Crippen LogP contribution in [-0.2, 0) is 4.79 Å². The number of amidine groups is 1. The Kier molecular flexibility index (Phi) is 7.54. The number of carbonyl (C=O) groups is 2. The number of hydrogen-bond donors (Lipinski definition) is 3. The molecule has 0 bridgehead atoms. The maximum atomic E-state index is 13.9. The number of carboxylic acid groups (broad SMARTS) is 1. The SMILES string of the molecule is O=C(O)C1=C(CN2CCN3C(=O)N(c4ccc(-c5nc(C6CC6)c[nH]5)cc4)C[C@@H]3C2)NC(c2nccs2)=N[C@H]1c1ccc(F)cc1Cl. The maximum Gasteiger partial charge on any atom is 0.335 e. The zero-order chi connectivity index (χ0) is 32.2. The molecular weight excluding hydrogens is 643 g/mol. The van der Waals surface area contributed by atoms with Gasteiger partial charge in [-0.2, -0.15) is 0 Å². The number of halogens is 2. The highest BCUT2D eigenvalue weighted by Gasteiger charge is 2.42. The molecule has 4 aliphatic rings. The highest BCUT2D eigenvalue weighted by molar-refractivity contribution is 7.11. The molecule has 240 valence electrons. The molecule has 2 saturated heterocycles. The third-order valence-corrected chi connectivity index (χ3v) is 10.2. The van der Waals surface area contributed by atoms with Gasteiger partial charge in [0.1, 0.15) is 17.7 Å². The van der Waals surface area contributed by atoms with E-state index in [9.17, 15) is 19.1 Å². The molecule has 2 aromatic carbocycles. The van der Waals surface area contributed by atoms with Crippen LogP contribution in [0.5, 0.6) is 0 Å². The quantitative estimate of drug-likeness (QED) is 0.233. The number of carboxylic acids is 1. The summed E-state index contributed by atoms with van der Waals surface area (Å²) in [6.07, 6.45) is 6.02. The number of H-pyrrole nitrogens is 1. The number of amides is 2. The Morgan fingerprint density at radius 1 is 1.13 bits per heavy atom. The van der Waals surface area contributed by atoms with Crippen molar-refractivity contribution in [1.82, 2.24) is 30.1 Å². The average Bonchev–Trinajstić information content (AvgIpc) is 3.42. The van der Waals surface area contributed by atoms with Gasteiger partial charge in [-0.3, -0.25) is 14.8 Å². The molecule has 0 radical (unpaired) electrons. The number of hydrogen-bond acceptors (Lipinski definition) is 8. The van der Waals surface area contributed by atoms with Crippen LogP contribution in [0.1, 0.15) is 41.1 Å². The summed E-state index contributed by atoms with van der Waals surface area (Å²) in [4.78, 5) is 49.2. The van der Waals surface area contributed by atoms with E-state index >= 15 is 0 Å². The van der Waals surface area contributed by atoms with E-state index in [2.05, 4.69) is 20.2 Å². The number of carbonyl (C=O) groups excluding carboxylic acids is 1. The van der Waals surface area contributed by atoms with Gasteiger partial charge in [0.2, 0.25) is 0 Å². The van der Waals surface area contributed by atoms with E-state index in [4.69, 9.17) is 21.6 Å². The van der Waals surface area contributed by atoms with Crippen LogP contribution in [0.15, 0.2) is 76.5 Å². The molecule has 4 aromatic rings. The van der Waals surface area contributed by atoms with Gasteiger partial charge in [-0.25, -0.2) is 23.9 Å². The molecule has 3 N–H and O–H groups in total. The number of aliphatic imine (C=N–C) groups is 1. The van der Waals surface area contributed by atoms with E-state index in [-0.39, 0.29) is 29.2 Å². The Balaban J connectivity index is 1.01. The summed E-state index contributed by atoms with van der Waals surface area (Å²) in [5.74, 6) is 0.155. The van der Waals surface area contributed by atoms with Crippen molar-refractivity contribution in [3.8, 4) is 11.4 Å². The van der Waals surface area contributed by atoms with Gasteiger partial charge in [-0.15, -0.1) is 11.3 Å². The number of thiazole rings is 1. The van der Waals surface area contributed by atoms with Crippen LogP contribution < -0.4 is 10.2 Å². The minimum atomic E-state index is -1.15. The van der Waals surface area contributed by atoms with E-state index in [0.29, 0.717) is 54.2 Å². The number of fused-ring (bicyclic) bond motifs is 1. The molecule has 2 atom stereocenters. The van der Waals surface area contributed by atoms with Crippen molar-refractivity contribution in [1.29, 1.82) is 0 Å². The third kappa shape index (κ3) is 5.68. The van der Waals surface area contributed by atoms with Crippen molar-refractivity contribution >= 4 is 46.5 Å². The second-order valence-electron chi connectivity index (χ2n) is 12.2. The lowest BCUT2D eigenvalue weighted by atomic mass is 9.95. The fourth-order valence-electron chi connectivity index (χ4n) is 6.60. The van der Waals surface area contributed by atoms with Crippen LogP contribution in [0.2, 0.25) is 5.02 Å². The number of benzene rings is 2. The Morgan fingerprint density at radius 2 is 1.96 bits per heavy atom. The molecule has 0 spiro atoms. The number of aromatic nitrogens is 3. The summed E-state index contributed by atoms with van der Waals surface area (Å²) in [6, 6.07) is 10.7. The fraction of sp³-hybridized carbons (Fsp3) is 0.303. The smallest absolute Gasteiger partial charge is 0.335 e. The monoisotopic (exact) mass is 672 g/mol. The first-order valence-electron chi connectivity index (χ1n) is 15.4. The van der Waals surface area contributed by atoms with Crippen LogP contribution in [-0.4, -0.2) is 86.5 Å². The number of nitrogens with one attached hydrogen (secondary N) is 2. The van der Waals surface area contributed by atoms with Crippen molar-refractivity contribution < 1.29 is 19.1 Å². The Morgan fingerprint density at radius 3 is 2.68 bits per heavy atom. The molecule has 1 aliphatic carbocycles. The second-order valence-corrected chi connectivity index (χ2v) is 13.5. The van der Waals surface area contributed by atoms with Crippen molar-refractivity contribution in [2.45, 2.75) is 30.8 Å². The minimum absolute atomic E-state index is 0.0336. The Labute approximate surface area is 278 Å². The summed E-state index contributed by atoms with van der Waals surface area (Å²) in [6.45, 7) is 2.41. The number of nitrogens with zero attached hydrogens (tertiary/aromatic N) is 6. The molecule has 47 heavy (non-hydrogen) atoms. The number of aromatic amines is 1.